The first-order chi connectivity index (χ1) is 9.10. The number of ether oxygens (including phenoxy) is 1. The predicted molar refractivity (Wildman–Crippen MR) is 84.0 cm³/mol. The molecule has 2 nitrogen and oxygen atoms in total. The molecule has 19 heavy (non-hydrogen) atoms. The zero-order chi connectivity index (χ0) is 13.8. The summed E-state index contributed by atoms with van der Waals surface area (Å²) < 4.78 is 6.38. The number of thiophene rings is 1. The number of hydrogen-bond acceptors (Lipinski definition) is 3. The van der Waals surface area contributed by atoms with Crippen molar-refractivity contribution < 1.29 is 4.74 Å². The third kappa shape index (κ3) is 3.78. The van der Waals surface area contributed by atoms with E-state index in [1.54, 1.807) is 11.3 Å². The zero-order valence-corrected chi connectivity index (χ0v) is 13.1. The first kappa shape index (κ1) is 14.5. The molecule has 5 heteroatoms. The summed E-state index contributed by atoms with van der Waals surface area (Å²) in [6.07, 6.45) is 0. The van der Waals surface area contributed by atoms with Gasteiger partial charge >= 0.3 is 0 Å². The smallest absolute Gasteiger partial charge is 0.142 e. The molecule has 102 valence electrons. The fourth-order valence-electron chi connectivity index (χ4n) is 1.76. The maximum Gasteiger partial charge on any atom is 0.142 e. The number of anilines is 1. The van der Waals surface area contributed by atoms with Gasteiger partial charge in [0.1, 0.15) is 5.75 Å². The minimum Gasteiger partial charge on any atom is -0.492 e. The van der Waals surface area contributed by atoms with Crippen molar-refractivity contribution in [3.63, 3.8) is 0 Å². The van der Waals surface area contributed by atoms with Crippen molar-refractivity contribution in [3.05, 3.63) is 44.6 Å². The highest BCUT2D eigenvalue weighted by molar-refractivity contribution is 7.16. The van der Waals surface area contributed by atoms with E-state index < -0.39 is 0 Å². The van der Waals surface area contributed by atoms with Crippen molar-refractivity contribution in [2.45, 2.75) is 19.9 Å². The van der Waals surface area contributed by atoms with Gasteiger partial charge in [0.15, 0.2) is 0 Å². The SMILES string of the molecule is CCOc1ccc(Cl)cc1NC(C)c1ccc(Cl)s1. The average molecular weight is 316 g/mol. The monoisotopic (exact) mass is 315 g/mol. The van der Waals surface area contributed by atoms with E-state index in [1.165, 1.54) is 4.88 Å². The largest absolute Gasteiger partial charge is 0.492 e. The van der Waals surface area contributed by atoms with Crippen LogP contribution in [0.25, 0.3) is 0 Å². The molecule has 0 bridgehead atoms. The van der Waals surface area contributed by atoms with Gasteiger partial charge in [0.05, 0.1) is 22.7 Å². The van der Waals surface area contributed by atoms with Crippen molar-refractivity contribution in [1.29, 1.82) is 0 Å². The highest BCUT2D eigenvalue weighted by Crippen LogP contribution is 2.33. The maximum atomic E-state index is 6.04. The minimum atomic E-state index is 0.148. The Bertz CT molecular complexity index is 556. The van der Waals surface area contributed by atoms with Crippen LogP contribution >= 0.6 is 34.5 Å². The van der Waals surface area contributed by atoms with Crippen LogP contribution in [-0.2, 0) is 0 Å². The summed E-state index contributed by atoms with van der Waals surface area (Å²) in [4.78, 5) is 1.17. The Morgan fingerprint density at radius 2 is 2.05 bits per heavy atom. The Morgan fingerprint density at radius 3 is 2.68 bits per heavy atom. The summed E-state index contributed by atoms with van der Waals surface area (Å²) in [5.41, 5.74) is 0.895. The highest BCUT2D eigenvalue weighted by atomic mass is 35.5. The van der Waals surface area contributed by atoms with Crippen LogP contribution in [0.5, 0.6) is 5.75 Å². The predicted octanol–water partition coefficient (Wildman–Crippen LogP) is 5.63. The van der Waals surface area contributed by atoms with Crippen LogP contribution in [0.1, 0.15) is 24.8 Å². The molecule has 0 aliphatic rings. The zero-order valence-electron chi connectivity index (χ0n) is 10.7. The normalized spacial score (nSPS) is 12.2. The summed E-state index contributed by atoms with van der Waals surface area (Å²) in [5.74, 6) is 0.807. The molecular formula is C14H15Cl2NOS. The van der Waals surface area contributed by atoms with Gasteiger partial charge in [-0.05, 0) is 44.2 Å². The van der Waals surface area contributed by atoms with E-state index in [-0.39, 0.29) is 6.04 Å². The molecule has 0 aliphatic heterocycles. The summed E-state index contributed by atoms with van der Waals surface area (Å²) in [6, 6.07) is 9.65. The lowest BCUT2D eigenvalue weighted by molar-refractivity contribution is 0.341. The van der Waals surface area contributed by atoms with Crippen LogP contribution in [0.15, 0.2) is 30.3 Å². The van der Waals surface area contributed by atoms with Gasteiger partial charge < -0.3 is 10.1 Å². The Balaban J connectivity index is 2.19. The van der Waals surface area contributed by atoms with Crippen LogP contribution in [0, 0.1) is 0 Å². The van der Waals surface area contributed by atoms with E-state index in [0.717, 1.165) is 15.8 Å². The van der Waals surface area contributed by atoms with E-state index in [2.05, 4.69) is 12.2 Å². The van der Waals surface area contributed by atoms with Gasteiger partial charge in [0.2, 0.25) is 0 Å². The summed E-state index contributed by atoms with van der Waals surface area (Å²) in [7, 11) is 0. The van der Waals surface area contributed by atoms with Crippen LogP contribution in [0.4, 0.5) is 5.69 Å². The van der Waals surface area contributed by atoms with Gasteiger partial charge in [-0.15, -0.1) is 11.3 Å². The van der Waals surface area contributed by atoms with Crippen molar-refractivity contribution in [3.8, 4) is 5.75 Å². The van der Waals surface area contributed by atoms with E-state index in [0.29, 0.717) is 11.6 Å². The molecule has 1 heterocycles. The van der Waals surface area contributed by atoms with E-state index >= 15 is 0 Å². The quantitative estimate of drug-likeness (QED) is 0.772. The molecule has 2 aromatic rings. The second kappa shape index (κ2) is 6.51. The Morgan fingerprint density at radius 1 is 1.26 bits per heavy atom. The van der Waals surface area contributed by atoms with Gasteiger partial charge in [-0.3, -0.25) is 0 Å². The molecule has 1 atom stereocenters. The third-order valence-electron chi connectivity index (χ3n) is 2.63. The van der Waals surface area contributed by atoms with Gasteiger partial charge in [0.25, 0.3) is 0 Å². The lowest BCUT2D eigenvalue weighted by atomic mass is 10.2. The van der Waals surface area contributed by atoms with Crippen LogP contribution in [0.2, 0.25) is 9.36 Å². The standard InChI is InChI=1S/C14H15Cl2NOS/c1-3-18-12-5-4-10(15)8-11(12)17-9(2)13-6-7-14(16)19-13/h4-9,17H,3H2,1-2H3. The van der Waals surface area contributed by atoms with E-state index in [4.69, 9.17) is 27.9 Å². The fourth-order valence-corrected chi connectivity index (χ4v) is 3.00. The minimum absolute atomic E-state index is 0.148. The fraction of sp³-hybridized carbons (Fsp3) is 0.286. The second-order valence-corrected chi connectivity index (χ2v) is 6.26. The number of benzene rings is 1. The number of rotatable bonds is 5. The molecule has 1 aromatic heterocycles. The van der Waals surface area contributed by atoms with Crippen LogP contribution in [-0.4, -0.2) is 6.61 Å². The maximum absolute atomic E-state index is 6.04. The second-order valence-electron chi connectivity index (χ2n) is 4.08. The van der Waals surface area contributed by atoms with Crippen LogP contribution < -0.4 is 10.1 Å². The van der Waals surface area contributed by atoms with Crippen molar-refractivity contribution in [2.24, 2.45) is 0 Å². The molecule has 0 saturated carbocycles. The van der Waals surface area contributed by atoms with E-state index in [9.17, 15) is 0 Å². The average Bonchev–Trinajstić information content (AvgIpc) is 2.80. The molecule has 0 amide bonds. The molecule has 2 rings (SSSR count). The van der Waals surface area contributed by atoms with Crippen LogP contribution in [0.3, 0.4) is 0 Å². The summed E-state index contributed by atoms with van der Waals surface area (Å²) in [5, 5.41) is 4.09. The lowest BCUT2D eigenvalue weighted by Gasteiger charge is -2.17. The van der Waals surface area contributed by atoms with Gasteiger partial charge in [-0.1, -0.05) is 23.2 Å². The molecule has 0 spiro atoms. The number of hydrogen-bond donors (Lipinski definition) is 1. The summed E-state index contributed by atoms with van der Waals surface area (Å²) in [6.45, 7) is 4.66. The van der Waals surface area contributed by atoms with Gasteiger partial charge in [-0.25, -0.2) is 0 Å². The molecular weight excluding hydrogens is 301 g/mol. The molecule has 1 aromatic carbocycles. The summed E-state index contributed by atoms with van der Waals surface area (Å²) >= 11 is 13.6. The van der Waals surface area contributed by atoms with Crippen molar-refractivity contribution in [2.75, 3.05) is 11.9 Å². The molecule has 1 N–H and O–H groups in total. The first-order valence-corrected chi connectivity index (χ1v) is 7.61. The van der Waals surface area contributed by atoms with Gasteiger partial charge in [0, 0.05) is 9.90 Å². The van der Waals surface area contributed by atoms with E-state index in [1.807, 2.05) is 37.3 Å². The molecule has 0 fully saturated rings. The van der Waals surface area contributed by atoms with Gasteiger partial charge in [-0.2, -0.15) is 0 Å². The Hall–Kier alpha value is -0.900. The first-order valence-electron chi connectivity index (χ1n) is 6.04. The molecule has 0 radical (unpaired) electrons. The number of halogens is 2. The Kier molecular flexibility index (Phi) is 4.97. The molecule has 0 saturated heterocycles. The highest BCUT2D eigenvalue weighted by Gasteiger charge is 2.11. The molecule has 1 unspecified atom stereocenters. The van der Waals surface area contributed by atoms with Crippen molar-refractivity contribution in [1.82, 2.24) is 0 Å². The van der Waals surface area contributed by atoms with Crippen molar-refractivity contribution >= 4 is 40.2 Å². The lowest BCUT2D eigenvalue weighted by Crippen LogP contribution is -2.06. The third-order valence-corrected chi connectivity index (χ3v) is 4.28. The topological polar surface area (TPSA) is 21.3 Å². The number of nitrogens with one attached hydrogen (secondary N) is 1. The Labute approximate surface area is 127 Å². The molecule has 0 aliphatic carbocycles.